The minimum absolute atomic E-state index is 0.00820. The van der Waals surface area contributed by atoms with Crippen LogP contribution in [0.5, 0.6) is 0 Å². The first-order valence-electron chi connectivity index (χ1n) is 9.59. The van der Waals surface area contributed by atoms with Gasteiger partial charge in [-0.15, -0.1) is 0 Å². The van der Waals surface area contributed by atoms with E-state index in [4.69, 9.17) is 9.97 Å². The van der Waals surface area contributed by atoms with Gasteiger partial charge in [0.1, 0.15) is 5.82 Å². The monoisotopic (exact) mass is 380 g/mol. The number of nitrogens with one attached hydrogen (secondary N) is 1. The molecule has 0 spiro atoms. The lowest BCUT2D eigenvalue weighted by molar-refractivity contribution is -0.129. The van der Waals surface area contributed by atoms with Crippen molar-refractivity contribution in [1.29, 1.82) is 0 Å². The van der Waals surface area contributed by atoms with Crippen molar-refractivity contribution >= 4 is 17.6 Å². The van der Waals surface area contributed by atoms with E-state index in [1.807, 2.05) is 17.0 Å². The predicted octanol–water partition coefficient (Wildman–Crippen LogP) is 1.16. The molecule has 1 atom stereocenters. The molecule has 8 nitrogen and oxygen atoms in total. The van der Waals surface area contributed by atoms with Crippen molar-refractivity contribution in [2.75, 3.05) is 24.5 Å². The van der Waals surface area contributed by atoms with E-state index < -0.39 is 0 Å². The second kappa shape index (κ2) is 7.53. The molecule has 4 heterocycles. The zero-order valence-corrected chi connectivity index (χ0v) is 16.2. The van der Waals surface area contributed by atoms with E-state index in [9.17, 15) is 9.59 Å². The van der Waals surface area contributed by atoms with Crippen molar-refractivity contribution in [1.82, 2.24) is 25.2 Å². The topological polar surface area (TPSA) is 91.3 Å². The number of rotatable bonds is 3. The summed E-state index contributed by atoms with van der Waals surface area (Å²) in [6.45, 7) is 5.88. The molecule has 2 aromatic rings. The maximum absolute atomic E-state index is 11.9. The third-order valence-electron chi connectivity index (χ3n) is 5.32. The Hall–Kier alpha value is -3.03. The molecule has 2 amide bonds. The number of carbonyl (C=O) groups excluding carboxylic acids is 2. The summed E-state index contributed by atoms with van der Waals surface area (Å²) in [5, 5.41) is 3.00. The molecule has 4 rings (SSSR count). The van der Waals surface area contributed by atoms with Crippen LogP contribution in [-0.2, 0) is 22.6 Å². The van der Waals surface area contributed by atoms with E-state index >= 15 is 0 Å². The van der Waals surface area contributed by atoms with Crippen molar-refractivity contribution < 1.29 is 9.59 Å². The fraction of sp³-hybridized carbons (Fsp3) is 0.450. The summed E-state index contributed by atoms with van der Waals surface area (Å²) in [5.41, 5.74) is 2.91. The fourth-order valence-corrected chi connectivity index (χ4v) is 3.93. The average Bonchev–Trinajstić information content (AvgIpc) is 3.14. The Morgan fingerprint density at radius 3 is 2.64 bits per heavy atom. The molecule has 28 heavy (non-hydrogen) atoms. The van der Waals surface area contributed by atoms with Crippen LogP contribution < -0.4 is 10.2 Å². The highest BCUT2D eigenvalue weighted by molar-refractivity contribution is 5.74. The normalized spacial score (nSPS) is 18.7. The van der Waals surface area contributed by atoms with Gasteiger partial charge in [-0.2, -0.15) is 0 Å². The lowest BCUT2D eigenvalue weighted by atomic mass is 10.0. The third-order valence-corrected chi connectivity index (χ3v) is 5.32. The van der Waals surface area contributed by atoms with Gasteiger partial charge in [-0.25, -0.2) is 9.97 Å². The molecule has 146 valence electrons. The summed E-state index contributed by atoms with van der Waals surface area (Å²) in [5.74, 6) is 1.62. The number of carbonyl (C=O) groups is 2. The smallest absolute Gasteiger partial charge is 0.219 e. The number of anilines is 1. The van der Waals surface area contributed by atoms with E-state index in [0.717, 1.165) is 48.6 Å². The molecule has 2 aliphatic rings. The Morgan fingerprint density at radius 2 is 1.93 bits per heavy atom. The summed E-state index contributed by atoms with van der Waals surface area (Å²) in [6, 6.07) is 3.91. The molecular weight excluding hydrogens is 356 g/mol. The summed E-state index contributed by atoms with van der Waals surface area (Å²) >= 11 is 0. The van der Waals surface area contributed by atoms with Crippen molar-refractivity contribution in [2.24, 2.45) is 0 Å². The van der Waals surface area contributed by atoms with Crippen LogP contribution in [0.25, 0.3) is 11.4 Å². The van der Waals surface area contributed by atoms with Gasteiger partial charge in [0, 0.05) is 63.0 Å². The van der Waals surface area contributed by atoms with Gasteiger partial charge in [-0.1, -0.05) is 0 Å². The van der Waals surface area contributed by atoms with Crippen LogP contribution in [-0.4, -0.2) is 57.3 Å². The zero-order chi connectivity index (χ0) is 19.7. The lowest BCUT2D eigenvalue weighted by Crippen LogP contribution is -2.38. The number of pyridine rings is 1. The van der Waals surface area contributed by atoms with Gasteiger partial charge in [-0.3, -0.25) is 14.6 Å². The van der Waals surface area contributed by atoms with E-state index in [0.29, 0.717) is 18.9 Å². The highest BCUT2D eigenvalue weighted by atomic mass is 16.2. The second-order valence-corrected chi connectivity index (χ2v) is 7.35. The first-order valence-corrected chi connectivity index (χ1v) is 9.59. The Labute approximate surface area is 164 Å². The van der Waals surface area contributed by atoms with E-state index in [1.165, 1.54) is 0 Å². The van der Waals surface area contributed by atoms with E-state index in [2.05, 4.69) is 15.2 Å². The molecule has 0 bridgehead atoms. The first-order chi connectivity index (χ1) is 13.5. The molecule has 8 heteroatoms. The number of hydrogen-bond acceptors (Lipinski definition) is 6. The van der Waals surface area contributed by atoms with Gasteiger partial charge in [0.2, 0.25) is 11.8 Å². The standard InChI is InChI=1S/C20H24N6O2/c1-13(27)22-16-5-9-26(11-16)20-17-6-10-25(14(2)28)12-18(17)23-19(24-20)15-3-7-21-8-4-15/h3-4,7-8,16H,5-6,9-12H2,1-2H3,(H,22,27). The molecule has 0 saturated carbocycles. The molecule has 2 aliphatic heterocycles. The molecule has 0 aliphatic carbocycles. The Bertz CT molecular complexity index is 901. The Balaban J connectivity index is 1.72. The van der Waals surface area contributed by atoms with Gasteiger partial charge >= 0.3 is 0 Å². The maximum Gasteiger partial charge on any atom is 0.219 e. The number of hydrogen-bond donors (Lipinski definition) is 1. The van der Waals surface area contributed by atoms with Crippen LogP contribution in [0.3, 0.4) is 0 Å². The highest BCUT2D eigenvalue weighted by Gasteiger charge is 2.30. The number of nitrogens with zero attached hydrogens (tertiary/aromatic N) is 5. The van der Waals surface area contributed by atoms with Crippen molar-refractivity contribution in [3.63, 3.8) is 0 Å². The molecule has 1 fully saturated rings. The van der Waals surface area contributed by atoms with Crippen LogP contribution in [0.4, 0.5) is 5.82 Å². The minimum Gasteiger partial charge on any atom is -0.354 e. The number of amides is 2. The van der Waals surface area contributed by atoms with Gasteiger partial charge in [0.15, 0.2) is 5.82 Å². The van der Waals surface area contributed by atoms with Crippen molar-refractivity contribution in [2.45, 2.75) is 39.3 Å². The number of aromatic nitrogens is 3. The average molecular weight is 380 g/mol. The highest BCUT2D eigenvalue weighted by Crippen LogP contribution is 2.31. The largest absolute Gasteiger partial charge is 0.354 e. The molecule has 1 N–H and O–H groups in total. The van der Waals surface area contributed by atoms with Gasteiger partial charge in [0.05, 0.1) is 12.2 Å². The van der Waals surface area contributed by atoms with Crippen LogP contribution in [0.2, 0.25) is 0 Å². The van der Waals surface area contributed by atoms with Crippen LogP contribution in [0, 0.1) is 0 Å². The Kier molecular flexibility index (Phi) is 4.93. The summed E-state index contributed by atoms with van der Waals surface area (Å²) in [6.07, 6.45) is 5.08. The predicted molar refractivity (Wildman–Crippen MR) is 104 cm³/mol. The molecule has 0 aromatic carbocycles. The van der Waals surface area contributed by atoms with Crippen LogP contribution in [0.1, 0.15) is 31.5 Å². The van der Waals surface area contributed by atoms with Gasteiger partial charge < -0.3 is 15.1 Å². The molecule has 1 saturated heterocycles. The first kappa shape index (κ1) is 18.3. The minimum atomic E-state index is -0.00820. The number of fused-ring (bicyclic) bond motifs is 1. The molecule has 1 unspecified atom stereocenters. The van der Waals surface area contributed by atoms with E-state index in [1.54, 1.807) is 26.2 Å². The van der Waals surface area contributed by atoms with Crippen LogP contribution >= 0.6 is 0 Å². The molecular formula is C20H24N6O2. The van der Waals surface area contributed by atoms with Gasteiger partial charge in [0.25, 0.3) is 0 Å². The SMILES string of the molecule is CC(=O)NC1CCN(c2nc(-c3ccncc3)nc3c2CCN(C(C)=O)C3)C1. The van der Waals surface area contributed by atoms with Gasteiger partial charge in [-0.05, 0) is 25.0 Å². The fourth-order valence-electron chi connectivity index (χ4n) is 3.93. The summed E-state index contributed by atoms with van der Waals surface area (Å²) in [7, 11) is 0. The van der Waals surface area contributed by atoms with Crippen molar-refractivity contribution in [3.8, 4) is 11.4 Å². The molecule has 0 radical (unpaired) electrons. The lowest BCUT2D eigenvalue weighted by Gasteiger charge is -2.31. The maximum atomic E-state index is 11.9. The molecule has 2 aromatic heterocycles. The summed E-state index contributed by atoms with van der Waals surface area (Å²) < 4.78 is 0. The second-order valence-electron chi connectivity index (χ2n) is 7.35. The third kappa shape index (κ3) is 3.67. The van der Waals surface area contributed by atoms with Crippen LogP contribution in [0.15, 0.2) is 24.5 Å². The van der Waals surface area contributed by atoms with E-state index in [-0.39, 0.29) is 17.9 Å². The zero-order valence-electron chi connectivity index (χ0n) is 16.2. The Morgan fingerprint density at radius 1 is 1.14 bits per heavy atom. The summed E-state index contributed by atoms with van der Waals surface area (Å²) in [4.78, 5) is 41.1. The van der Waals surface area contributed by atoms with Crippen molar-refractivity contribution in [3.05, 3.63) is 35.8 Å². The quantitative estimate of drug-likeness (QED) is 0.859.